The Balaban J connectivity index is 1.56. The van der Waals surface area contributed by atoms with Crippen LogP contribution in [0.5, 0.6) is 17.2 Å². The highest BCUT2D eigenvalue weighted by Gasteiger charge is 2.33. The maximum absolute atomic E-state index is 12.2. The summed E-state index contributed by atoms with van der Waals surface area (Å²) in [7, 11) is 0. The summed E-state index contributed by atoms with van der Waals surface area (Å²) in [4.78, 5) is 13.8. The molecule has 0 bridgehead atoms. The van der Waals surface area contributed by atoms with E-state index in [2.05, 4.69) is 0 Å². The summed E-state index contributed by atoms with van der Waals surface area (Å²) in [6.45, 7) is 6.92. The minimum absolute atomic E-state index is 0.174. The third kappa shape index (κ3) is 4.48. The van der Waals surface area contributed by atoms with E-state index < -0.39 is 11.7 Å². The van der Waals surface area contributed by atoms with Gasteiger partial charge < -0.3 is 29.0 Å². The summed E-state index contributed by atoms with van der Waals surface area (Å²) >= 11 is 0. The van der Waals surface area contributed by atoms with Crippen LogP contribution in [0.3, 0.4) is 0 Å². The Labute approximate surface area is 147 Å². The minimum Gasteiger partial charge on any atom is -0.493 e. The molecule has 2 aliphatic heterocycles. The molecule has 25 heavy (non-hydrogen) atoms. The Morgan fingerprint density at radius 3 is 2.84 bits per heavy atom. The second-order valence-corrected chi connectivity index (χ2v) is 7.37. The van der Waals surface area contributed by atoms with Crippen LogP contribution in [0.2, 0.25) is 0 Å². The number of rotatable bonds is 3. The zero-order chi connectivity index (χ0) is 18.0. The number of nitrogens with zero attached hydrogens (tertiary/aromatic N) is 1. The number of aliphatic hydroxyl groups is 1. The quantitative estimate of drug-likeness (QED) is 0.901. The van der Waals surface area contributed by atoms with Crippen LogP contribution < -0.4 is 14.2 Å². The van der Waals surface area contributed by atoms with Gasteiger partial charge in [-0.1, -0.05) is 0 Å². The Hall–Kier alpha value is -2.15. The lowest BCUT2D eigenvalue weighted by Crippen LogP contribution is -2.49. The molecule has 0 unspecified atom stereocenters. The monoisotopic (exact) mass is 351 g/mol. The summed E-state index contributed by atoms with van der Waals surface area (Å²) in [6, 6.07) is 5.36. The van der Waals surface area contributed by atoms with E-state index in [1.807, 2.05) is 20.8 Å². The van der Waals surface area contributed by atoms with Crippen molar-refractivity contribution in [3.8, 4) is 17.2 Å². The zero-order valence-electron chi connectivity index (χ0n) is 14.9. The highest BCUT2D eigenvalue weighted by molar-refractivity contribution is 5.68. The first-order valence-electron chi connectivity index (χ1n) is 8.50. The SMILES string of the molecule is CC(C)(C)OC(=O)N1CC[C@@H](O)[C@H](COc2ccc3c(c2)OCO3)C1. The van der Waals surface area contributed by atoms with Crippen molar-refractivity contribution < 1.29 is 28.8 Å². The first-order valence-corrected chi connectivity index (χ1v) is 8.50. The van der Waals surface area contributed by atoms with Crippen molar-refractivity contribution in [2.24, 2.45) is 5.92 Å². The summed E-state index contributed by atoms with van der Waals surface area (Å²) in [5.74, 6) is 1.82. The molecule has 0 saturated carbocycles. The number of piperidine rings is 1. The fraction of sp³-hybridized carbons (Fsp3) is 0.611. The van der Waals surface area contributed by atoms with Crippen LogP contribution >= 0.6 is 0 Å². The molecule has 1 fully saturated rings. The number of amides is 1. The molecule has 1 N–H and O–H groups in total. The fourth-order valence-corrected chi connectivity index (χ4v) is 2.85. The van der Waals surface area contributed by atoms with E-state index in [9.17, 15) is 9.90 Å². The molecule has 1 amide bonds. The van der Waals surface area contributed by atoms with Gasteiger partial charge in [0, 0.05) is 25.1 Å². The van der Waals surface area contributed by atoms with Crippen LogP contribution in [0, 0.1) is 5.92 Å². The molecule has 3 rings (SSSR count). The number of carbonyl (C=O) groups excluding carboxylic acids is 1. The molecule has 2 atom stereocenters. The van der Waals surface area contributed by atoms with Crippen molar-refractivity contribution in [3.63, 3.8) is 0 Å². The average molecular weight is 351 g/mol. The first-order chi connectivity index (χ1) is 11.8. The Morgan fingerprint density at radius 1 is 1.32 bits per heavy atom. The molecular weight excluding hydrogens is 326 g/mol. The van der Waals surface area contributed by atoms with Crippen LogP contribution in [0.15, 0.2) is 18.2 Å². The van der Waals surface area contributed by atoms with Crippen molar-refractivity contribution in [3.05, 3.63) is 18.2 Å². The molecule has 2 aliphatic rings. The lowest BCUT2D eigenvalue weighted by molar-refractivity contribution is -0.0177. The van der Waals surface area contributed by atoms with E-state index in [4.69, 9.17) is 18.9 Å². The molecule has 7 heteroatoms. The number of carbonyl (C=O) groups is 1. The van der Waals surface area contributed by atoms with Gasteiger partial charge >= 0.3 is 6.09 Å². The summed E-state index contributed by atoms with van der Waals surface area (Å²) in [5.41, 5.74) is -0.536. The topological polar surface area (TPSA) is 77.5 Å². The van der Waals surface area contributed by atoms with Gasteiger partial charge in [-0.2, -0.15) is 0 Å². The molecule has 0 aliphatic carbocycles. The number of likely N-dealkylation sites (tertiary alicyclic amines) is 1. The molecule has 1 aromatic carbocycles. The number of ether oxygens (including phenoxy) is 4. The predicted molar refractivity (Wildman–Crippen MR) is 90.0 cm³/mol. The summed E-state index contributed by atoms with van der Waals surface area (Å²) < 4.78 is 21.8. The van der Waals surface area contributed by atoms with Crippen molar-refractivity contribution >= 4 is 6.09 Å². The van der Waals surface area contributed by atoms with Crippen LogP contribution in [-0.4, -0.2) is 54.3 Å². The molecule has 1 saturated heterocycles. The highest BCUT2D eigenvalue weighted by atomic mass is 16.7. The van der Waals surface area contributed by atoms with E-state index in [1.54, 1.807) is 23.1 Å². The molecule has 7 nitrogen and oxygen atoms in total. The predicted octanol–water partition coefficient (Wildman–Crippen LogP) is 2.41. The van der Waals surface area contributed by atoms with E-state index in [0.29, 0.717) is 43.4 Å². The van der Waals surface area contributed by atoms with Gasteiger partial charge in [0.2, 0.25) is 6.79 Å². The van der Waals surface area contributed by atoms with Gasteiger partial charge in [0.15, 0.2) is 11.5 Å². The van der Waals surface area contributed by atoms with Crippen molar-refractivity contribution in [2.75, 3.05) is 26.5 Å². The number of benzene rings is 1. The van der Waals surface area contributed by atoms with Crippen LogP contribution in [0.25, 0.3) is 0 Å². The van der Waals surface area contributed by atoms with Gasteiger partial charge in [-0.15, -0.1) is 0 Å². The van der Waals surface area contributed by atoms with Crippen LogP contribution in [0.1, 0.15) is 27.2 Å². The zero-order valence-corrected chi connectivity index (χ0v) is 14.9. The summed E-state index contributed by atoms with van der Waals surface area (Å²) in [6.07, 6.45) is -0.353. The van der Waals surface area contributed by atoms with Crippen LogP contribution in [-0.2, 0) is 4.74 Å². The Morgan fingerprint density at radius 2 is 2.08 bits per heavy atom. The van der Waals surface area contributed by atoms with Crippen molar-refractivity contribution in [1.29, 1.82) is 0 Å². The normalized spacial score (nSPS) is 22.6. The molecular formula is C18H25NO6. The van der Waals surface area contributed by atoms with Gasteiger partial charge in [0.25, 0.3) is 0 Å². The number of hydrogen-bond acceptors (Lipinski definition) is 6. The molecule has 0 radical (unpaired) electrons. The summed E-state index contributed by atoms with van der Waals surface area (Å²) in [5, 5.41) is 10.2. The van der Waals surface area contributed by atoms with Crippen molar-refractivity contribution in [1.82, 2.24) is 4.90 Å². The van der Waals surface area contributed by atoms with E-state index in [1.165, 1.54) is 0 Å². The maximum Gasteiger partial charge on any atom is 0.410 e. The van der Waals surface area contributed by atoms with Gasteiger partial charge in [-0.05, 0) is 39.3 Å². The third-order valence-corrected chi connectivity index (χ3v) is 4.15. The van der Waals surface area contributed by atoms with E-state index in [0.717, 1.165) is 0 Å². The molecule has 2 heterocycles. The third-order valence-electron chi connectivity index (χ3n) is 4.15. The Bertz CT molecular complexity index is 626. The van der Waals surface area contributed by atoms with E-state index in [-0.39, 0.29) is 18.8 Å². The van der Waals surface area contributed by atoms with Gasteiger partial charge in [-0.25, -0.2) is 4.79 Å². The number of fused-ring (bicyclic) bond motifs is 1. The van der Waals surface area contributed by atoms with E-state index >= 15 is 0 Å². The average Bonchev–Trinajstić information content (AvgIpc) is 3.00. The highest BCUT2D eigenvalue weighted by Crippen LogP contribution is 2.35. The number of aliphatic hydroxyl groups excluding tert-OH is 1. The molecule has 0 spiro atoms. The lowest BCUT2D eigenvalue weighted by atomic mass is 9.96. The van der Waals surface area contributed by atoms with Crippen molar-refractivity contribution in [2.45, 2.75) is 38.9 Å². The largest absolute Gasteiger partial charge is 0.493 e. The molecule has 1 aromatic rings. The minimum atomic E-state index is -0.536. The fourth-order valence-electron chi connectivity index (χ4n) is 2.85. The van der Waals surface area contributed by atoms with Gasteiger partial charge in [0.1, 0.15) is 11.4 Å². The molecule has 138 valence electrons. The maximum atomic E-state index is 12.2. The van der Waals surface area contributed by atoms with Gasteiger partial charge in [-0.3, -0.25) is 0 Å². The lowest BCUT2D eigenvalue weighted by Gasteiger charge is -2.36. The van der Waals surface area contributed by atoms with Gasteiger partial charge in [0.05, 0.1) is 12.7 Å². The number of hydrogen-bond donors (Lipinski definition) is 1. The second kappa shape index (κ2) is 7.00. The van der Waals surface area contributed by atoms with Crippen LogP contribution in [0.4, 0.5) is 4.79 Å². The molecule has 0 aromatic heterocycles. The Kier molecular flexibility index (Phi) is 4.94. The smallest absolute Gasteiger partial charge is 0.410 e. The first kappa shape index (κ1) is 17.7. The second-order valence-electron chi connectivity index (χ2n) is 7.37. The standard InChI is InChI=1S/C18H25NO6/c1-18(2,3)25-17(21)19-7-6-14(20)12(9-19)10-22-13-4-5-15-16(8-13)24-11-23-15/h4-5,8,12,14,20H,6-7,9-11H2,1-3H3/t12-,14+/m0/s1.